The number of hydrogen-bond donors (Lipinski definition) is 1. The molecule has 0 aliphatic carbocycles. The normalized spacial score (nSPS) is 14.0. The first-order valence-electron chi connectivity index (χ1n) is 8.08. The SMILES string of the molecule is O=C(c1cncc(NCCCc2ccccn2)n1)N1CCCC1. The molecule has 1 amide bonds. The maximum atomic E-state index is 12.3. The first-order valence-corrected chi connectivity index (χ1v) is 8.08. The van der Waals surface area contributed by atoms with Crippen LogP contribution in [-0.2, 0) is 6.42 Å². The molecule has 23 heavy (non-hydrogen) atoms. The van der Waals surface area contributed by atoms with Crippen LogP contribution in [0.5, 0.6) is 0 Å². The summed E-state index contributed by atoms with van der Waals surface area (Å²) in [5.41, 5.74) is 1.50. The fourth-order valence-electron chi connectivity index (χ4n) is 2.67. The van der Waals surface area contributed by atoms with E-state index in [-0.39, 0.29) is 5.91 Å². The molecule has 2 aromatic heterocycles. The summed E-state index contributed by atoms with van der Waals surface area (Å²) >= 11 is 0. The van der Waals surface area contributed by atoms with Crippen molar-refractivity contribution in [2.75, 3.05) is 25.0 Å². The van der Waals surface area contributed by atoms with Crippen molar-refractivity contribution in [1.29, 1.82) is 0 Å². The van der Waals surface area contributed by atoms with Gasteiger partial charge >= 0.3 is 0 Å². The van der Waals surface area contributed by atoms with Crippen LogP contribution < -0.4 is 5.32 Å². The maximum Gasteiger partial charge on any atom is 0.274 e. The van der Waals surface area contributed by atoms with E-state index in [9.17, 15) is 4.79 Å². The molecular weight excluding hydrogens is 290 g/mol. The van der Waals surface area contributed by atoms with E-state index in [0.29, 0.717) is 11.5 Å². The van der Waals surface area contributed by atoms with Crippen molar-refractivity contribution in [2.24, 2.45) is 0 Å². The van der Waals surface area contributed by atoms with Crippen LogP contribution in [0.3, 0.4) is 0 Å². The van der Waals surface area contributed by atoms with E-state index in [4.69, 9.17) is 0 Å². The molecule has 1 N–H and O–H groups in total. The number of nitrogens with one attached hydrogen (secondary N) is 1. The Bertz CT molecular complexity index is 640. The standard InChI is InChI=1S/C17H21N5O/c23-17(22-10-3-4-11-22)15-12-18-13-16(21-15)20-9-5-7-14-6-1-2-8-19-14/h1-2,6,8,12-13H,3-5,7,9-11H2,(H,20,21). The van der Waals surface area contributed by atoms with Crippen LogP contribution in [0.1, 0.15) is 35.4 Å². The molecule has 0 unspecified atom stereocenters. The fraction of sp³-hybridized carbons (Fsp3) is 0.412. The first kappa shape index (κ1) is 15.4. The number of likely N-dealkylation sites (tertiary alicyclic amines) is 1. The minimum absolute atomic E-state index is 0.0212. The van der Waals surface area contributed by atoms with Crippen LogP contribution in [0.25, 0.3) is 0 Å². The third-order valence-corrected chi connectivity index (χ3v) is 3.89. The number of rotatable bonds is 6. The Labute approximate surface area is 136 Å². The lowest BCUT2D eigenvalue weighted by Gasteiger charge is -2.14. The molecule has 3 heterocycles. The van der Waals surface area contributed by atoms with Gasteiger partial charge in [-0.2, -0.15) is 0 Å². The van der Waals surface area contributed by atoms with E-state index in [2.05, 4.69) is 20.3 Å². The van der Waals surface area contributed by atoms with Crippen LogP contribution in [0.4, 0.5) is 5.82 Å². The van der Waals surface area contributed by atoms with E-state index in [0.717, 1.165) is 51.0 Å². The third-order valence-electron chi connectivity index (χ3n) is 3.89. The number of pyridine rings is 1. The molecule has 1 aliphatic heterocycles. The molecule has 0 spiro atoms. The number of nitrogens with zero attached hydrogens (tertiary/aromatic N) is 4. The monoisotopic (exact) mass is 311 g/mol. The molecule has 1 fully saturated rings. The second-order valence-electron chi connectivity index (χ2n) is 5.64. The average Bonchev–Trinajstić information content (AvgIpc) is 3.14. The van der Waals surface area contributed by atoms with Crippen LogP contribution >= 0.6 is 0 Å². The lowest BCUT2D eigenvalue weighted by Crippen LogP contribution is -2.28. The van der Waals surface area contributed by atoms with Gasteiger partial charge in [-0.15, -0.1) is 0 Å². The van der Waals surface area contributed by atoms with Gasteiger partial charge in [0.15, 0.2) is 0 Å². The largest absolute Gasteiger partial charge is 0.369 e. The van der Waals surface area contributed by atoms with Gasteiger partial charge in [-0.1, -0.05) is 6.07 Å². The van der Waals surface area contributed by atoms with Crippen molar-refractivity contribution < 1.29 is 4.79 Å². The lowest BCUT2D eigenvalue weighted by molar-refractivity contribution is 0.0786. The molecule has 6 nitrogen and oxygen atoms in total. The highest BCUT2D eigenvalue weighted by Gasteiger charge is 2.20. The summed E-state index contributed by atoms with van der Waals surface area (Å²) in [7, 11) is 0. The quantitative estimate of drug-likeness (QED) is 0.828. The van der Waals surface area contributed by atoms with Crippen molar-refractivity contribution in [3.05, 3.63) is 48.2 Å². The molecular formula is C17H21N5O. The van der Waals surface area contributed by atoms with Crippen molar-refractivity contribution in [1.82, 2.24) is 19.9 Å². The number of hydrogen-bond acceptors (Lipinski definition) is 5. The van der Waals surface area contributed by atoms with Gasteiger partial charge in [0.2, 0.25) is 0 Å². The minimum atomic E-state index is -0.0212. The van der Waals surface area contributed by atoms with Gasteiger partial charge in [0.25, 0.3) is 5.91 Å². The highest BCUT2D eigenvalue weighted by atomic mass is 16.2. The summed E-state index contributed by atoms with van der Waals surface area (Å²) in [4.78, 5) is 27.0. The van der Waals surface area contributed by atoms with Crippen molar-refractivity contribution in [2.45, 2.75) is 25.7 Å². The zero-order chi connectivity index (χ0) is 15.9. The Hall–Kier alpha value is -2.50. The fourth-order valence-corrected chi connectivity index (χ4v) is 2.67. The molecule has 0 bridgehead atoms. The van der Waals surface area contributed by atoms with E-state index in [1.807, 2.05) is 29.3 Å². The molecule has 6 heteroatoms. The Morgan fingerprint density at radius 1 is 1.22 bits per heavy atom. The van der Waals surface area contributed by atoms with Gasteiger partial charge in [-0.3, -0.25) is 14.8 Å². The zero-order valence-electron chi connectivity index (χ0n) is 13.1. The van der Waals surface area contributed by atoms with Gasteiger partial charge in [0.1, 0.15) is 11.5 Å². The third kappa shape index (κ3) is 4.25. The van der Waals surface area contributed by atoms with Crippen molar-refractivity contribution >= 4 is 11.7 Å². The van der Waals surface area contributed by atoms with Gasteiger partial charge < -0.3 is 10.2 Å². The Morgan fingerprint density at radius 3 is 2.87 bits per heavy atom. The number of carbonyl (C=O) groups excluding carboxylic acids is 1. The summed E-state index contributed by atoms with van der Waals surface area (Å²) in [6.45, 7) is 2.41. The summed E-state index contributed by atoms with van der Waals surface area (Å²) < 4.78 is 0. The van der Waals surface area contributed by atoms with E-state index >= 15 is 0 Å². The number of aromatic nitrogens is 3. The number of aryl methyl sites for hydroxylation is 1. The molecule has 0 radical (unpaired) electrons. The van der Waals surface area contributed by atoms with E-state index in [1.165, 1.54) is 0 Å². The van der Waals surface area contributed by atoms with Crippen LogP contribution in [0.15, 0.2) is 36.8 Å². The Kier molecular flexibility index (Phi) is 5.13. The summed E-state index contributed by atoms with van der Waals surface area (Å²) in [5.74, 6) is 0.628. The summed E-state index contributed by atoms with van der Waals surface area (Å²) in [6.07, 6.45) is 9.01. The molecule has 0 aromatic carbocycles. The molecule has 1 aliphatic rings. The minimum Gasteiger partial charge on any atom is -0.369 e. The molecule has 3 rings (SSSR count). The van der Waals surface area contributed by atoms with Gasteiger partial charge in [0.05, 0.1) is 12.4 Å². The van der Waals surface area contributed by atoms with E-state index < -0.39 is 0 Å². The smallest absolute Gasteiger partial charge is 0.274 e. The van der Waals surface area contributed by atoms with Crippen molar-refractivity contribution in [3.63, 3.8) is 0 Å². The van der Waals surface area contributed by atoms with Crippen molar-refractivity contribution in [3.8, 4) is 0 Å². The topological polar surface area (TPSA) is 71.0 Å². The number of amides is 1. The first-order chi connectivity index (χ1) is 11.3. The lowest BCUT2D eigenvalue weighted by atomic mass is 10.2. The molecule has 1 saturated heterocycles. The predicted octanol–water partition coefficient (Wildman–Crippen LogP) is 2.15. The zero-order valence-corrected chi connectivity index (χ0v) is 13.1. The molecule has 0 atom stereocenters. The number of carbonyl (C=O) groups is 1. The second-order valence-corrected chi connectivity index (χ2v) is 5.64. The highest BCUT2D eigenvalue weighted by Crippen LogP contribution is 2.12. The Morgan fingerprint density at radius 2 is 2.09 bits per heavy atom. The van der Waals surface area contributed by atoms with Crippen LogP contribution in [-0.4, -0.2) is 45.4 Å². The van der Waals surface area contributed by atoms with Gasteiger partial charge in [0, 0.05) is 31.5 Å². The summed E-state index contributed by atoms with van der Waals surface area (Å²) in [6, 6.07) is 5.93. The highest BCUT2D eigenvalue weighted by molar-refractivity contribution is 5.92. The Balaban J connectivity index is 1.50. The summed E-state index contributed by atoms with van der Waals surface area (Å²) in [5, 5.41) is 3.23. The molecule has 2 aromatic rings. The number of anilines is 1. The molecule has 0 saturated carbocycles. The second kappa shape index (κ2) is 7.67. The molecule has 120 valence electrons. The average molecular weight is 311 g/mol. The van der Waals surface area contributed by atoms with Gasteiger partial charge in [-0.05, 0) is 37.8 Å². The predicted molar refractivity (Wildman–Crippen MR) is 88.2 cm³/mol. The van der Waals surface area contributed by atoms with Crippen LogP contribution in [0.2, 0.25) is 0 Å². The van der Waals surface area contributed by atoms with Crippen LogP contribution in [0, 0.1) is 0 Å². The maximum absolute atomic E-state index is 12.3. The van der Waals surface area contributed by atoms with E-state index in [1.54, 1.807) is 12.4 Å². The van der Waals surface area contributed by atoms with Gasteiger partial charge in [-0.25, -0.2) is 4.98 Å².